The summed E-state index contributed by atoms with van der Waals surface area (Å²) >= 11 is 0. The molecule has 2 atom stereocenters. The molecule has 1 aliphatic heterocycles. The lowest BCUT2D eigenvalue weighted by molar-refractivity contribution is -0.115. The Morgan fingerprint density at radius 3 is 2.52 bits per heavy atom. The first-order chi connectivity index (χ1) is 10.4. The average Bonchev–Trinajstić information content (AvgIpc) is 2.47. The summed E-state index contributed by atoms with van der Waals surface area (Å²) < 4.78 is 27.5. The van der Waals surface area contributed by atoms with Gasteiger partial charge in [0.25, 0.3) is 0 Å². The van der Waals surface area contributed by atoms with Crippen LogP contribution in [0.2, 0.25) is 0 Å². The number of halogens is 1. The molecule has 1 aliphatic rings. The number of amides is 1. The van der Waals surface area contributed by atoms with Crippen LogP contribution in [0.15, 0.2) is 29.2 Å². The first kappa shape index (κ1) is 19.9. The Kier molecular flexibility index (Phi) is 7.47. The summed E-state index contributed by atoms with van der Waals surface area (Å²) in [5.41, 5.74) is 0.598. The van der Waals surface area contributed by atoms with Gasteiger partial charge >= 0.3 is 0 Å². The smallest absolute Gasteiger partial charge is 0.240 e. The van der Waals surface area contributed by atoms with Crippen molar-refractivity contribution in [3.63, 3.8) is 0 Å². The highest BCUT2D eigenvalue weighted by Crippen LogP contribution is 2.17. The van der Waals surface area contributed by atoms with Gasteiger partial charge in [0.05, 0.1) is 4.90 Å². The monoisotopic (exact) mass is 361 g/mol. The topological polar surface area (TPSA) is 87.3 Å². The molecule has 1 amide bonds. The highest BCUT2D eigenvalue weighted by molar-refractivity contribution is 7.89. The number of anilines is 1. The fraction of sp³-hybridized carbons (Fsp3) is 0.533. The number of nitrogens with one attached hydrogen (secondary N) is 3. The van der Waals surface area contributed by atoms with Crippen LogP contribution >= 0.6 is 12.4 Å². The molecule has 0 spiro atoms. The van der Waals surface area contributed by atoms with Crippen molar-refractivity contribution in [2.24, 2.45) is 0 Å². The molecule has 1 fully saturated rings. The van der Waals surface area contributed by atoms with Gasteiger partial charge in [-0.3, -0.25) is 4.79 Å². The molecular formula is C15H24ClN3O3S. The third kappa shape index (κ3) is 5.76. The first-order valence-corrected chi connectivity index (χ1v) is 9.04. The van der Waals surface area contributed by atoms with Gasteiger partial charge in [-0.2, -0.15) is 0 Å². The lowest BCUT2D eigenvalue weighted by Gasteiger charge is -2.28. The summed E-state index contributed by atoms with van der Waals surface area (Å²) in [5, 5.41) is 5.99. The molecule has 23 heavy (non-hydrogen) atoms. The van der Waals surface area contributed by atoms with E-state index in [4.69, 9.17) is 0 Å². The molecule has 1 heterocycles. The Morgan fingerprint density at radius 2 is 1.96 bits per heavy atom. The summed E-state index contributed by atoms with van der Waals surface area (Å²) in [4.78, 5) is 11.5. The Bertz CT molecular complexity index is 619. The van der Waals surface area contributed by atoms with Crippen LogP contribution in [0.4, 0.5) is 5.69 Å². The number of hydrogen-bond donors (Lipinski definition) is 3. The zero-order valence-electron chi connectivity index (χ0n) is 13.3. The van der Waals surface area contributed by atoms with E-state index in [0.717, 1.165) is 19.4 Å². The van der Waals surface area contributed by atoms with Crippen molar-refractivity contribution in [2.45, 2.75) is 50.1 Å². The fourth-order valence-corrected chi connectivity index (χ4v) is 3.78. The van der Waals surface area contributed by atoms with Crippen LogP contribution in [0.25, 0.3) is 0 Å². The van der Waals surface area contributed by atoms with Gasteiger partial charge in [-0.25, -0.2) is 13.1 Å². The molecule has 0 bridgehead atoms. The molecule has 1 saturated heterocycles. The van der Waals surface area contributed by atoms with Crippen LogP contribution < -0.4 is 15.4 Å². The summed E-state index contributed by atoms with van der Waals surface area (Å²) in [6.07, 6.45) is 1.95. The predicted octanol–water partition coefficient (Wildman–Crippen LogP) is 1.88. The molecule has 8 heteroatoms. The van der Waals surface area contributed by atoms with E-state index in [1.807, 2.05) is 6.92 Å². The summed E-state index contributed by atoms with van der Waals surface area (Å²) in [6, 6.07) is 6.50. The van der Waals surface area contributed by atoms with Gasteiger partial charge in [-0.05, 0) is 50.6 Å². The molecule has 0 radical (unpaired) electrons. The van der Waals surface area contributed by atoms with Crippen LogP contribution in [-0.4, -0.2) is 33.0 Å². The van der Waals surface area contributed by atoms with E-state index in [0.29, 0.717) is 18.2 Å². The van der Waals surface area contributed by atoms with E-state index in [2.05, 4.69) is 15.4 Å². The number of rotatable bonds is 5. The maximum Gasteiger partial charge on any atom is 0.240 e. The van der Waals surface area contributed by atoms with E-state index >= 15 is 0 Å². The van der Waals surface area contributed by atoms with Gasteiger partial charge in [-0.1, -0.05) is 6.92 Å². The quantitative estimate of drug-likeness (QED) is 0.747. The number of hydrogen-bond acceptors (Lipinski definition) is 4. The number of piperidine rings is 1. The van der Waals surface area contributed by atoms with Gasteiger partial charge in [-0.15, -0.1) is 12.4 Å². The Morgan fingerprint density at radius 1 is 1.30 bits per heavy atom. The third-order valence-corrected chi connectivity index (χ3v) is 5.25. The minimum atomic E-state index is -3.52. The van der Waals surface area contributed by atoms with Gasteiger partial charge in [0.15, 0.2) is 0 Å². The van der Waals surface area contributed by atoms with E-state index in [1.54, 1.807) is 19.1 Å². The van der Waals surface area contributed by atoms with Gasteiger partial charge in [0.1, 0.15) is 0 Å². The molecule has 1 aromatic carbocycles. The fourth-order valence-electron chi connectivity index (χ4n) is 2.49. The molecule has 6 nitrogen and oxygen atoms in total. The van der Waals surface area contributed by atoms with Gasteiger partial charge < -0.3 is 10.6 Å². The molecule has 130 valence electrons. The lowest BCUT2D eigenvalue weighted by atomic mass is 10.0. The first-order valence-electron chi connectivity index (χ1n) is 7.56. The maximum absolute atomic E-state index is 12.4. The number of sulfonamides is 1. The van der Waals surface area contributed by atoms with Crippen LogP contribution in [0, 0.1) is 0 Å². The van der Waals surface area contributed by atoms with E-state index in [1.165, 1.54) is 12.1 Å². The maximum atomic E-state index is 12.4. The highest BCUT2D eigenvalue weighted by Gasteiger charge is 2.24. The van der Waals surface area contributed by atoms with E-state index in [-0.39, 0.29) is 29.3 Å². The van der Waals surface area contributed by atoms with Crippen LogP contribution in [0.5, 0.6) is 0 Å². The normalized spacial score (nSPS) is 21.3. The minimum Gasteiger partial charge on any atom is -0.326 e. The van der Waals surface area contributed by atoms with Crippen molar-refractivity contribution in [3.05, 3.63) is 24.3 Å². The number of carbonyl (C=O) groups is 1. The van der Waals surface area contributed by atoms with Crippen LogP contribution in [0.1, 0.15) is 33.1 Å². The highest BCUT2D eigenvalue weighted by atomic mass is 35.5. The molecule has 2 rings (SSSR count). The van der Waals surface area contributed by atoms with E-state index < -0.39 is 10.0 Å². The molecule has 2 unspecified atom stereocenters. The lowest BCUT2D eigenvalue weighted by Crippen LogP contribution is -2.46. The van der Waals surface area contributed by atoms with Crippen molar-refractivity contribution in [1.29, 1.82) is 0 Å². The largest absolute Gasteiger partial charge is 0.326 e. The van der Waals surface area contributed by atoms with Crippen LogP contribution in [-0.2, 0) is 14.8 Å². The standard InChI is InChI=1S/C15H23N3O3S.ClH/c1-3-15(19)17-12-4-6-14(7-5-12)22(20,21)18-13-8-9-16-11(2)10-13;/h4-7,11,13,16,18H,3,8-10H2,1-2H3,(H,17,19);1H. The molecule has 0 aromatic heterocycles. The Balaban J connectivity index is 0.00000264. The summed E-state index contributed by atoms with van der Waals surface area (Å²) in [6.45, 7) is 4.63. The zero-order valence-corrected chi connectivity index (χ0v) is 15.0. The third-order valence-electron chi connectivity index (χ3n) is 3.71. The second-order valence-corrected chi connectivity index (χ2v) is 7.34. The zero-order chi connectivity index (χ0) is 16.2. The molecule has 3 N–H and O–H groups in total. The SMILES string of the molecule is CCC(=O)Nc1ccc(S(=O)(=O)NC2CCNC(C)C2)cc1.Cl. The molecule has 0 aliphatic carbocycles. The molecular weight excluding hydrogens is 338 g/mol. The summed E-state index contributed by atoms with van der Waals surface area (Å²) in [7, 11) is -3.52. The van der Waals surface area contributed by atoms with E-state index in [9.17, 15) is 13.2 Å². The second-order valence-electron chi connectivity index (χ2n) is 5.62. The summed E-state index contributed by atoms with van der Waals surface area (Å²) in [5.74, 6) is -0.0996. The average molecular weight is 362 g/mol. The van der Waals surface area contributed by atoms with Crippen molar-refractivity contribution >= 4 is 34.0 Å². The second kappa shape index (κ2) is 8.63. The van der Waals surface area contributed by atoms with Gasteiger partial charge in [0, 0.05) is 24.2 Å². The van der Waals surface area contributed by atoms with Crippen molar-refractivity contribution in [1.82, 2.24) is 10.0 Å². The molecule has 1 aromatic rings. The van der Waals surface area contributed by atoms with Crippen LogP contribution in [0.3, 0.4) is 0 Å². The molecule has 0 saturated carbocycles. The van der Waals surface area contributed by atoms with Crippen molar-refractivity contribution in [2.75, 3.05) is 11.9 Å². The van der Waals surface area contributed by atoms with Crippen molar-refractivity contribution in [3.8, 4) is 0 Å². The number of benzene rings is 1. The number of carbonyl (C=O) groups excluding carboxylic acids is 1. The van der Waals surface area contributed by atoms with Gasteiger partial charge in [0.2, 0.25) is 15.9 Å². The predicted molar refractivity (Wildman–Crippen MR) is 93.4 cm³/mol. The Hall–Kier alpha value is -1.15. The Labute approximate surface area is 143 Å². The minimum absolute atomic E-state index is 0. The van der Waals surface area contributed by atoms with Crippen molar-refractivity contribution < 1.29 is 13.2 Å².